The topological polar surface area (TPSA) is 75.3 Å². The molecule has 0 radical (unpaired) electrons. The Bertz CT molecular complexity index is 447. The van der Waals surface area contributed by atoms with Crippen LogP contribution in [0.1, 0.15) is 13.3 Å². The summed E-state index contributed by atoms with van der Waals surface area (Å²) >= 11 is 5.85. The Morgan fingerprint density at radius 3 is 2.94 bits per heavy atom. The number of anilines is 1. The molecule has 0 amide bonds. The molecule has 94 valence electrons. The molecule has 1 aromatic heterocycles. The lowest BCUT2D eigenvalue weighted by molar-refractivity contribution is -0.140. The Morgan fingerprint density at radius 1 is 1.65 bits per heavy atom. The van der Waals surface area contributed by atoms with E-state index in [2.05, 4.69) is 14.7 Å². The largest absolute Gasteiger partial charge is 0.469 e. The number of nitrogens with zero attached hydrogens (tertiary/aromatic N) is 2. The molecule has 7 heteroatoms. The minimum absolute atomic E-state index is 0.0271. The van der Waals surface area contributed by atoms with Gasteiger partial charge in [0.15, 0.2) is 5.82 Å². The third kappa shape index (κ3) is 3.45. The molecule has 0 spiro atoms. The summed E-state index contributed by atoms with van der Waals surface area (Å²) in [5.74, 6) is 0.0613. The Morgan fingerprint density at radius 2 is 2.35 bits per heavy atom. The van der Waals surface area contributed by atoms with E-state index in [9.17, 15) is 9.59 Å². The van der Waals surface area contributed by atoms with Crippen LogP contribution in [0.5, 0.6) is 0 Å². The number of halogens is 1. The highest BCUT2D eigenvalue weighted by atomic mass is 35.5. The second kappa shape index (κ2) is 6.24. The zero-order valence-electron chi connectivity index (χ0n) is 9.70. The fourth-order valence-corrected chi connectivity index (χ4v) is 1.56. The lowest BCUT2D eigenvalue weighted by Gasteiger charge is -2.21. The van der Waals surface area contributed by atoms with E-state index in [-0.39, 0.29) is 17.4 Å². The van der Waals surface area contributed by atoms with Gasteiger partial charge in [0.1, 0.15) is 5.02 Å². The van der Waals surface area contributed by atoms with Gasteiger partial charge >= 0.3 is 5.97 Å². The summed E-state index contributed by atoms with van der Waals surface area (Å²) < 4.78 is 4.55. The number of esters is 1. The minimum atomic E-state index is -0.395. The van der Waals surface area contributed by atoms with Gasteiger partial charge in [-0.05, 0) is 6.92 Å². The molecule has 0 saturated heterocycles. The fourth-order valence-electron chi connectivity index (χ4n) is 1.34. The molecule has 0 aliphatic rings. The summed E-state index contributed by atoms with van der Waals surface area (Å²) in [6.45, 7) is 2.88. The summed E-state index contributed by atoms with van der Waals surface area (Å²) in [5.41, 5.74) is -0.395. The molecule has 6 nitrogen and oxygen atoms in total. The molecule has 0 aliphatic carbocycles. The maximum atomic E-state index is 11.3. The van der Waals surface area contributed by atoms with E-state index in [0.717, 1.165) is 0 Å². The van der Waals surface area contributed by atoms with Crippen LogP contribution in [0.4, 0.5) is 5.82 Å². The molecule has 1 N–H and O–H groups in total. The van der Waals surface area contributed by atoms with E-state index in [4.69, 9.17) is 11.6 Å². The van der Waals surface area contributed by atoms with Gasteiger partial charge in [-0.25, -0.2) is 4.98 Å². The standard InChI is InChI=1S/C10H14ClN3O3/c1-3-14(5-4-7(15)17-2)9-8(11)10(16)13-6-12-9/h6H,3-5H2,1-2H3,(H,12,13,16). The SMILES string of the molecule is CCN(CCC(=O)OC)c1nc[nH]c(=O)c1Cl. The number of H-pyrrole nitrogens is 1. The van der Waals surface area contributed by atoms with Crippen LogP contribution in [-0.2, 0) is 9.53 Å². The van der Waals surface area contributed by atoms with Crippen LogP contribution in [0, 0.1) is 0 Å². The van der Waals surface area contributed by atoms with Gasteiger partial charge in [-0.2, -0.15) is 0 Å². The zero-order valence-corrected chi connectivity index (χ0v) is 10.5. The number of hydrogen-bond donors (Lipinski definition) is 1. The number of aromatic amines is 1. The van der Waals surface area contributed by atoms with Crippen LogP contribution in [0.25, 0.3) is 0 Å². The molecular weight excluding hydrogens is 246 g/mol. The first kappa shape index (κ1) is 13.5. The van der Waals surface area contributed by atoms with Crippen molar-refractivity contribution >= 4 is 23.4 Å². The lowest BCUT2D eigenvalue weighted by Crippen LogP contribution is -2.29. The molecule has 0 bridgehead atoms. The monoisotopic (exact) mass is 259 g/mol. The molecule has 0 saturated carbocycles. The highest BCUT2D eigenvalue weighted by molar-refractivity contribution is 6.32. The number of carbonyl (C=O) groups is 1. The molecule has 0 aliphatic heterocycles. The summed E-state index contributed by atoms with van der Waals surface area (Å²) in [6.07, 6.45) is 1.50. The highest BCUT2D eigenvalue weighted by Gasteiger charge is 2.14. The van der Waals surface area contributed by atoms with Gasteiger partial charge in [-0.15, -0.1) is 0 Å². The smallest absolute Gasteiger partial charge is 0.307 e. The predicted molar refractivity (Wildman–Crippen MR) is 64.4 cm³/mol. The van der Waals surface area contributed by atoms with E-state index in [1.165, 1.54) is 13.4 Å². The van der Waals surface area contributed by atoms with Crippen molar-refractivity contribution in [2.75, 3.05) is 25.1 Å². The normalized spacial score (nSPS) is 10.1. The zero-order chi connectivity index (χ0) is 12.8. The second-order valence-electron chi connectivity index (χ2n) is 3.28. The summed E-state index contributed by atoms with van der Waals surface area (Å²) in [4.78, 5) is 30.5. The summed E-state index contributed by atoms with van der Waals surface area (Å²) in [6, 6.07) is 0. The van der Waals surface area contributed by atoms with Crippen molar-refractivity contribution in [3.05, 3.63) is 21.7 Å². The molecule has 1 heterocycles. The van der Waals surface area contributed by atoms with Crippen molar-refractivity contribution in [3.8, 4) is 0 Å². The molecular formula is C10H14ClN3O3. The Labute approximate surface area is 104 Å². The predicted octanol–water partition coefficient (Wildman–Crippen LogP) is 0.813. The molecule has 0 fully saturated rings. The first-order chi connectivity index (χ1) is 8.10. The van der Waals surface area contributed by atoms with Crippen molar-refractivity contribution in [2.24, 2.45) is 0 Å². The van der Waals surface area contributed by atoms with E-state index < -0.39 is 5.56 Å². The van der Waals surface area contributed by atoms with Gasteiger partial charge in [0.2, 0.25) is 0 Å². The highest BCUT2D eigenvalue weighted by Crippen LogP contribution is 2.18. The average Bonchev–Trinajstić information content (AvgIpc) is 2.34. The van der Waals surface area contributed by atoms with E-state index in [1.54, 1.807) is 4.90 Å². The first-order valence-corrected chi connectivity index (χ1v) is 5.52. The van der Waals surface area contributed by atoms with E-state index >= 15 is 0 Å². The quantitative estimate of drug-likeness (QED) is 0.792. The molecule has 0 aromatic carbocycles. The van der Waals surface area contributed by atoms with E-state index in [1.807, 2.05) is 6.92 Å². The van der Waals surface area contributed by atoms with Crippen molar-refractivity contribution in [1.82, 2.24) is 9.97 Å². The maximum Gasteiger partial charge on any atom is 0.307 e. The minimum Gasteiger partial charge on any atom is -0.469 e. The molecule has 0 atom stereocenters. The van der Waals surface area contributed by atoms with Crippen molar-refractivity contribution in [3.63, 3.8) is 0 Å². The van der Waals surface area contributed by atoms with Crippen LogP contribution >= 0.6 is 11.6 Å². The van der Waals surface area contributed by atoms with Crippen LogP contribution in [-0.4, -0.2) is 36.1 Å². The number of methoxy groups -OCH3 is 1. The molecule has 1 rings (SSSR count). The number of nitrogens with one attached hydrogen (secondary N) is 1. The van der Waals surface area contributed by atoms with Crippen LogP contribution in [0.3, 0.4) is 0 Å². The lowest BCUT2D eigenvalue weighted by atomic mass is 10.3. The number of aromatic nitrogens is 2. The summed E-state index contributed by atoms with van der Waals surface area (Å²) in [5, 5.41) is 0.0271. The third-order valence-corrected chi connectivity index (χ3v) is 2.61. The van der Waals surface area contributed by atoms with Gasteiger partial charge in [-0.3, -0.25) is 9.59 Å². The Kier molecular flexibility index (Phi) is 4.96. The van der Waals surface area contributed by atoms with Crippen LogP contribution < -0.4 is 10.5 Å². The number of hydrogen-bond acceptors (Lipinski definition) is 5. The van der Waals surface area contributed by atoms with Crippen molar-refractivity contribution in [1.29, 1.82) is 0 Å². The number of rotatable bonds is 5. The van der Waals surface area contributed by atoms with Gasteiger partial charge in [0.25, 0.3) is 5.56 Å². The Hall–Kier alpha value is -1.56. The van der Waals surface area contributed by atoms with Gasteiger partial charge < -0.3 is 14.6 Å². The van der Waals surface area contributed by atoms with Crippen LogP contribution in [0.15, 0.2) is 11.1 Å². The number of carbonyl (C=O) groups excluding carboxylic acids is 1. The molecule has 17 heavy (non-hydrogen) atoms. The molecule has 0 unspecified atom stereocenters. The van der Waals surface area contributed by atoms with Crippen LogP contribution in [0.2, 0.25) is 5.02 Å². The van der Waals surface area contributed by atoms with Gasteiger partial charge in [0, 0.05) is 13.1 Å². The van der Waals surface area contributed by atoms with Crippen molar-refractivity contribution < 1.29 is 9.53 Å². The Balaban J connectivity index is 2.83. The fraction of sp³-hybridized carbons (Fsp3) is 0.500. The molecule has 1 aromatic rings. The second-order valence-corrected chi connectivity index (χ2v) is 3.65. The average molecular weight is 260 g/mol. The maximum absolute atomic E-state index is 11.3. The van der Waals surface area contributed by atoms with Gasteiger partial charge in [-0.1, -0.05) is 11.6 Å². The summed E-state index contributed by atoms with van der Waals surface area (Å²) in [7, 11) is 1.33. The number of ether oxygens (including phenoxy) is 1. The van der Waals surface area contributed by atoms with Crippen molar-refractivity contribution in [2.45, 2.75) is 13.3 Å². The third-order valence-electron chi connectivity index (χ3n) is 2.27. The van der Waals surface area contributed by atoms with Gasteiger partial charge in [0.05, 0.1) is 19.9 Å². The van der Waals surface area contributed by atoms with E-state index in [0.29, 0.717) is 18.9 Å². The first-order valence-electron chi connectivity index (χ1n) is 5.15.